The van der Waals surface area contributed by atoms with Gasteiger partial charge in [-0.1, -0.05) is 12.1 Å². The van der Waals surface area contributed by atoms with E-state index in [1.54, 1.807) is 6.20 Å². The molecule has 0 unspecified atom stereocenters. The van der Waals surface area contributed by atoms with E-state index in [-0.39, 0.29) is 0 Å². The molecular weight excluding hydrogens is 476 g/mol. The van der Waals surface area contributed by atoms with Gasteiger partial charge in [-0.05, 0) is 81.7 Å². The quantitative estimate of drug-likeness (QED) is 0.291. The van der Waals surface area contributed by atoms with Crippen LogP contribution >= 0.6 is 12.2 Å². The molecule has 194 valence electrons. The molecule has 0 saturated carbocycles. The van der Waals surface area contributed by atoms with Crippen LogP contribution in [0.3, 0.4) is 0 Å². The van der Waals surface area contributed by atoms with Gasteiger partial charge in [0.2, 0.25) is 0 Å². The minimum atomic E-state index is 0.546. The standard InChI is InChI=1S/C27H36N4O4S/c1-5-32-23-11-9-20(15-25(23)34-7-3)13-14-28-27(36)30-22-17-29-31(19-22)18-21-10-12-24(33-6-2)26(16-21)35-8-4/h9-12,15-17,19H,5-8,13-14,18H2,1-4H3,(H2,28,30,36). The molecule has 3 aromatic rings. The third kappa shape index (κ3) is 8.05. The first-order valence-electron chi connectivity index (χ1n) is 12.4. The van der Waals surface area contributed by atoms with Crippen molar-refractivity contribution in [1.29, 1.82) is 0 Å². The highest BCUT2D eigenvalue weighted by molar-refractivity contribution is 7.80. The Hall–Kier alpha value is -3.46. The number of anilines is 1. The van der Waals surface area contributed by atoms with Gasteiger partial charge in [0.15, 0.2) is 28.1 Å². The lowest BCUT2D eigenvalue weighted by molar-refractivity contribution is 0.287. The lowest BCUT2D eigenvalue weighted by atomic mass is 10.1. The van der Waals surface area contributed by atoms with Crippen LogP contribution < -0.4 is 29.6 Å². The molecule has 1 heterocycles. The highest BCUT2D eigenvalue weighted by atomic mass is 32.1. The second-order valence-electron chi connectivity index (χ2n) is 7.85. The van der Waals surface area contributed by atoms with E-state index in [2.05, 4.69) is 15.7 Å². The number of rotatable bonds is 14. The Balaban J connectivity index is 1.50. The molecule has 2 N–H and O–H groups in total. The Morgan fingerprint density at radius 2 is 1.36 bits per heavy atom. The van der Waals surface area contributed by atoms with Crippen molar-refractivity contribution >= 4 is 23.0 Å². The fraction of sp³-hybridized carbons (Fsp3) is 0.407. The monoisotopic (exact) mass is 512 g/mol. The van der Waals surface area contributed by atoms with Crippen LogP contribution in [-0.4, -0.2) is 47.9 Å². The Morgan fingerprint density at radius 3 is 1.97 bits per heavy atom. The molecular formula is C27H36N4O4S. The first-order valence-corrected chi connectivity index (χ1v) is 12.8. The summed E-state index contributed by atoms with van der Waals surface area (Å²) in [5, 5.41) is 11.4. The molecule has 0 atom stereocenters. The zero-order valence-electron chi connectivity index (χ0n) is 21.5. The molecule has 36 heavy (non-hydrogen) atoms. The summed E-state index contributed by atoms with van der Waals surface area (Å²) in [7, 11) is 0. The lowest BCUT2D eigenvalue weighted by Crippen LogP contribution is -2.30. The smallest absolute Gasteiger partial charge is 0.170 e. The van der Waals surface area contributed by atoms with Crippen molar-refractivity contribution in [3.8, 4) is 23.0 Å². The first kappa shape index (κ1) is 27.1. The molecule has 0 fully saturated rings. The lowest BCUT2D eigenvalue weighted by Gasteiger charge is -2.13. The zero-order valence-corrected chi connectivity index (χ0v) is 22.3. The highest BCUT2D eigenvalue weighted by Crippen LogP contribution is 2.29. The Morgan fingerprint density at radius 1 is 0.806 bits per heavy atom. The van der Waals surface area contributed by atoms with Crippen LogP contribution in [0, 0.1) is 0 Å². The predicted octanol–water partition coefficient (Wildman–Crippen LogP) is 5.06. The van der Waals surface area contributed by atoms with Crippen molar-refractivity contribution in [2.45, 2.75) is 40.7 Å². The largest absolute Gasteiger partial charge is 0.490 e. The summed E-state index contributed by atoms with van der Waals surface area (Å²) >= 11 is 5.46. The minimum Gasteiger partial charge on any atom is -0.490 e. The molecule has 9 heteroatoms. The summed E-state index contributed by atoms with van der Waals surface area (Å²) in [6, 6.07) is 12.0. The maximum absolute atomic E-state index is 5.72. The van der Waals surface area contributed by atoms with Crippen molar-refractivity contribution in [2.24, 2.45) is 0 Å². The summed E-state index contributed by atoms with van der Waals surface area (Å²) in [5.41, 5.74) is 3.04. The zero-order chi connectivity index (χ0) is 25.8. The van der Waals surface area contributed by atoms with Gasteiger partial charge in [0.1, 0.15) is 0 Å². The summed E-state index contributed by atoms with van der Waals surface area (Å²) < 4.78 is 24.6. The Kier molecular flexibility index (Phi) is 10.7. The van der Waals surface area contributed by atoms with Crippen LogP contribution in [0.15, 0.2) is 48.8 Å². The van der Waals surface area contributed by atoms with Crippen molar-refractivity contribution in [3.63, 3.8) is 0 Å². The van der Waals surface area contributed by atoms with E-state index in [0.29, 0.717) is 44.6 Å². The molecule has 0 aliphatic heterocycles. The average Bonchev–Trinajstić information content (AvgIpc) is 3.29. The number of nitrogens with zero attached hydrogens (tertiary/aromatic N) is 2. The molecule has 0 aliphatic carbocycles. The van der Waals surface area contributed by atoms with Gasteiger partial charge in [0.25, 0.3) is 0 Å². The van der Waals surface area contributed by atoms with E-state index in [9.17, 15) is 0 Å². The number of aromatic nitrogens is 2. The molecule has 1 aromatic heterocycles. The second-order valence-corrected chi connectivity index (χ2v) is 8.26. The summed E-state index contributed by atoms with van der Waals surface area (Å²) in [4.78, 5) is 0. The van der Waals surface area contributed by atoms with E-state index in [1.165, 1.54) is 0 Å². The topological polar surface area (TPSA) is 78.8 Å². The maximum Gasteiger partial charge on any atom is 0.170 e. The molecule has 3 rings (SSSR count). The van der Waals surface area contributed by atoms with Crippen LogP contribution in [0.25, 0.3) is 0 Å². The number of ether oxygens (including phenoxy) is 4. The fourth-order valence-electron chi connectivity index (χ4n) is 3.64. The molecule has 0 radical (unpaired) electrons. The fourth-order valence-corrected chi connectivity index (χ4v) is 3.86. The van der Waals surface area contributed by atoms with Gasteiger partial charge in [-0.25, -0.2) is 0 Å². The summed E-state index contributed by atoms with van der Waals surface area (Å²) in [6.45, 7) is 11.5. The van der Waals surface area contributed by atoms with Gasteiger partial charge in [-0.2, -0.15) is 5.10 Å². The first-order chi connectivity index (χ1) is 17.6. The van der Waals surface area contributed by atoms with E-state index < -0.39 is 0 Å². The third-order valence-electron chi connectivity index (χ3n) is 5.15. The normalized spacial score (nSPS) is 10.6. The Labute approximate surface area is 218 Å². The molecule has 0 bridgehead atoms. The van der Waals surface area contributed by atoms with Crippen LogP contribution in [0.2, 0.25) is 0 Å². The van der Waals surface area contributed by atoms with Gasteiger partial charge < -0.3 is 29.6 Å². The number of hydrogen-bond acceptors (Lipinski definition) is 6. The molecule has 2 aromatic carbocycles. The number of thiocarbonyl (C=S) groups is 1. The average molecular weight is 513 g/mol. The second kappa shape index (κ2) is 14.2. The number of hydrogen-bond donors (Lipinski definition) is 2. The molecule has 0 aliphatic rings. The van der Waals surface area contributed by atoms with Gasteiger partial charge in [0.05, 0.1) is 44.9 Å². The van der Waals surface area contributed by atoms with Crippen molar-refractivity contribution < 1.29 is 18.9 Å². The molecule has 0 amide bonds. The van der Waals surface area contributed by atoms with E-state index >= 15 is 0 Å². The summed E-state index contributed by atoms with van der Waals surface area (Å²) in [5.74, 6) is 3.03. The summed E-state index contributed by atoms with van der Waals surface area (Å²) in [6.07, 6.45) is 4.48. The predicted molar refractivity (Wildman–Crippen MR) is 147 cm³/mol. The van der Waals surface area contributed by atoms with E-state index in [1.807, 2.05) is 75.0 Å². The van der Waals surface area contributed by atoms with Gasteiger partial charge in [0, 0.05) is 12.7 Å². The Bertz CT molecular complexity index is 1120. The van der Waals surface area contributed by atoms with Crippen molar-refractivity contribution in [3.05, 3.63) is 59.9 Å². The van der Waals surface area contributed by atoms with Gasteiger partial charge in [-0.3, -0.25) is 4.68 Å². The van der Waals surface area contributed by atoms with Crippen LogP contribution in [0.4, 0.5) is 5.69 Å². The SMILES string of the molecule is CCOc1ccc(CCNC(=S)Nc2cnn(Cc3ccc(OCC)c(OCC)c3)c2)cc1OCC. The van der Waals surface area contributed by atoms with Crippen LogP contribution in [0.1, 0.15) is 38.8 Å². The highest BCUT2D eigenvalue weighted by Gasteiger charge is 2.09. The molecule has 0 spiro atoms. The molecule has 0 saturated heterocycles. The number of benzene rings is 2. The minimum absolute atomic E-state index is 0.546. The molecule has 8 nitrogen and oxygen atoms in total. The van der Waals surface area contributed by atoms with E-state index in [0.717, 1.165) is 46.2 Å². The number of nitrogens with one attached hydrogen (secondary N) is 2. The van der Waals surface area contributed by atoms with Crippen LogP contribution in [-0.2, 0) is 13.0 Å². The van der Waals surface area contributed by atoms with E-state index in [4.69, 9.17) is 31.2 Å². The van der Waals surface area contributed by atoms with Crippen LogP contribution in [0.5, 0.6) is 23.0 Å². The van der Waals surface area contributed by atoms with Crippen molar-refractivity contribution in [1.82, 2.24) is 15.1 Å². The maximum atomic E-state index is 5.72. The van der Waals surface area contributed by atoms with Gasteiger partial charge >= 0.3 is 0 Å². The third-order valence-corrected chi connectivity index (χ3v) is 5.40. The van der Waals surface area contributed by atoms with Crippen molar-refractivity contribution in [2.75, 3.05) is 38.3 Å². The van der Waals surface area contributed by atoms with Gasteiger partial charge in [-0.15, -0.1) is 0 Å².